The number of ketones is 1. The van der Waals surface area contributed by atoms with E-state index in [1.807, 2.05) is 0 Å². The third-order valence-electron chi connectivity index (χ3n) is 3.67. The Morgan fingerprint density at radius 3 is 2.39 bits per heavy atom. The van der Waals surface area contributed by atoms with Gasteiger partial charge in [0.05, 0.1) is 7.11 Å². The molecule has 0 aromatic heterocycles. The lowest BCUT2D eigenvalue weighted by Crippen LogP contribution is -2.44. The lowest BCUT2D eigenvalue weighted by Gasteiger charge is -2.36. The molecule has 0 heterocycles. The van der Waals surface area contributed by atoms with Gasteiger partial charge in [-0.25, -0.2) is 0 Å². The number of aliphatic hydroxyl groups is 2. The number of carbonyl (C=O) groups is 1. The van der Waals surface area contributed by atoms with Crippen molar-refractivity contribution in [3.8, 4) is 0 Å². The summed E-state index contributed by atoms with van der Waals surface area (Å²) in [6.07, 6.45) is 1.21. The van der Waals surface area contributed by atoms with E-state index in [1.165, 1.54) is 20.3 Å². The highest BCUT2D eigenvalue weighted by Gasteiger charge is 2.50. The Morgan fingerprint density at radius 2 is 1.87 bits per heavy atom. The number of benzene rings is 1. The molecular formula is C17H20O6. The van der Waals surface area contributed by atoms with Crippen LogP contribution in [0.25, 0.3) is 0 Å². The van der Waals surface area contributed by atoms with E-state index in [4.69, 9.17) is 14.2 Å². The molecule has 1 aromatic carbocycles. The topological polar surface area (TPSA) is 85.2 Å². The minimum Gasteiger partial charge on any atom is -0.507 e. The van der Waals surface area contributed by atoms with Crippen molar-refractivity contribution < 1.29 is 29.2 Å². The number of rotatable bonds is 6. The summed E-state index contributed by atoms with van der Waals surface area (Å²) in [6, 6.07) is 8.49. The number of carbonyl (C=O) groups excluding carboxylic acids is 1. The average Bonchev–Trinajstić information content (AvgIpc) is 2.58. The first-order chi connectivity index (χ1) is 11.0. The standard InChI is InChI=1S/C17H20O6/c1-4-23-17(22-3)13(18)10-12(15(20)16(17)21-2)14(19)11-8-6-5-7-9-11/h5-10,12,18,20H,4H2,1-3H3. The second kappa shape index (κ2) is 6.85. The van der Waals surface area contributed by atoms with Crippen LogP contribution in [0.15, 0.2) is 53.7 Å². The number of hydrogen-bond donors (Lipinski definition) is 2. The molecule has 0 saturated carbocycles. The van der Waals surface area contributed by atoms with Gasteiger partial charge in [0, 0.05) is 19.3 Å². The first kappa shape index (κ1) is 17.1. The lowest BCUT2D eigenvalue weighted by atomic mass is 9.88. The predicted octanol–water partition coefficient (Wildman–Crippen LogP) is 2.74. The molecule has 1 aromatic rings. The molecule has 2 atom stereocenters. The van der Waals surface area contributed by atoms with Gasteiger partial charge in [-0.15, -0.1) is 0 Å². The summed E-state index contributed by atoms with van der Waals surface area (Å²) < 4.78 is 15.9. The van der Waals surface area contributed by atoms with Gasteiger partial charge >= 0.3 is 0 Å². The molecular weight excluding hydrogens is 300 g/mol. The van der Waals surface area contributed by atoms with E-state index in [9.17, 15) is 15.0 Å². The van der Waals surface area contributed by atoms with Crippen molar-refractivity contribution in [2.24, 2.45) is 5.92 Å². The fourth-order valence-electron chi connectivity index (χ4n) is 2.59. The molecule has 6 nitrogen and oxygen atoms in total. The van der Waals surface area contributed by atoms with Gasteiger partial charge in [0.2, 0.25) is 5.76 Å². The Hall–Kier alpha value is -2.31. The average molecular weight is 320 g/mol. The Kier molecular flexibility index (Phi) is 5.08. The number of Topliss-reactive ketones (excluding diaryl/α,β-unsaturated/α-hetero) is 1. The van der Waals surface area contributed by atoms with Crippen LogP contribution < -0.4 is 0 Å². The van der Waals surface area contributed by atoms with Gasteiger partial charge in [-0.2, -0.15) is 0 Å². The molecule has 0 radical (unpaired) electrons. The van der Waals surface area contributed by atoms with Crippen molar-refractivity contribution >= 4 is 5.78 Å². The minimum atomic E-state index is -1.75. The molecule has 2 unspecified atom stereocenters. The highest BCUT2D eigenvalue weighted by molar-refractivity contribution is 6.00. The van der Waals surface area contributed by atoms with Crippen LogP contribution in [-0.4, -0.2) is 42.6 Å². The van der Waals surface area contributed by atoms with E-state index >= 15 is 0 Å². The Morgan fingerprint density at radius 1 is 1.22 bits per heavy atom. The van der Waals surface area contributed by atoms with Crippen molar-refractivity contribution in [1.29, 1.82) is 0 Å². The van der Waals surface area contributed by atoms with Gasteiger partial charge in [-0.3, -0.25) is 4.79 Å². The largest absolute Gasteiger partial charge is 0.507 e. The van der Waals surface area contributed by atoms with Crippen molar-refractivity contribution in [1.82, 2.24) is 0 Å². The first-order valence-corrected chi connectivity index (χ1v) is 7.19. The molecule has 0 aliphatic heterocycles. The number of ether oxygens (including phenoxy) is 3. The van der Waals surface area contributed by atoms with Crippen LogP contribution in [0.4, 0.5) is 0 Å². The minimum absolute atomic E-state index is 0.142. The number of allylic oxidation sites excluding steroid dienone is 1. The summed E-state index contributed by atoms with van der Waals surface area (Å²) >= 11 is 0. The van der Waals surface area contributed by atoms with E-state index in [1.54, 1.807) is 37.3 Å². The monoisotopic (exact) mass is 320 g/mol. The summed E-state index contributed by atoms with van der Waals surface area (Å²) in [4.78, 5) is 12.6. The van der Waals surface area contributed by atoms with E-state index in [-0.39, 0.29) is 29.7 Å². The Bertz CT molecular complexity index is 634. The van der Waals surface area contributed by atoms with Gasteiger partial charge in [0.1, 0.15) is 5.92 Å². The number of methoxy groups -OCH3 is 2. The molecule has 23 heavy (non-hydrogen) atoms. The second-order valence-corrected chi connectivity index (χ2v) is 4.93. The lowest BCUT2D eigenvalue weighted by molar-refractivity contribution is -0.210. The molecule has 6 heteroatoms. The van der Waals surface area contributed by atoms with Crippen molar-refractivity contribution in [3.05, 3.63) is 59.2 Å². The SMILES string of the molecule is CCOC1(OC)C(O)=CC(C(=O)c2ccccc2)C(O)=C1OC. The quantitative estimate of drug-likeness (QED) is 0.619. The molecule has 2 rings (SSSR count). The van der Waals surface area contributed by atoms with Crippen LogP contribution in [0.5, 0.6) is 0 Å². The maximum Gasteiger partial charge on any atom is 0.290 e. The summed E-state index contributed by atoms with van der Waals surface area (Å²) in [6.45, 7) is 1.91. The smallest absolute Gasteiger partial charge is 0.290 e. The van der Waals surface area contributed by atoms with Gasteiger partial charge in [-0.05, 0) is 13.0 Å². The molecule has 1 aliphatic rings. The van der Waals surface area contributed by atoms with E-state index in [2.05, 4.69) is 0 Å². The second-order valence-electron chi connectivity index (χ2n) is 4.93. The van der Waals surface area contributed by atoms with E-state index in [0.29, 0.717) is 5.56 Å². The van der Waals surface area contributed by atoms with Gasteiger partial charge in [0.15, 0.2) is 17.3 Å². The van der Waals surface area contributed by atoms with Crippen LogP contribution in [0.1, 0.15) is 17.3 Å². The third kappa shape index (κ3) is 2.83. The first-order valence-electron chi connectivity index (χ1n) is 7.19. The summed E-state index contributed by atoms with van der Waals surface area (Å²) in [5.74, 6) is -4.03. The Balaban J connectivity index is 2.50. The molecule has 1 aliphatic carbocycles. The zero-order valence-electron chi connectivity index (χ0n) is 13.3. The maximum absolute atomic E-state index is 12.6. The van der Waals surface area contributed by atoms with Crippen molar-refractivity contribution in [3.63, 3.8) is 0 Å². The fourth-order valence-corrected chi connectivity index (χ4v) is 2.59. The highest BCUT2D eigenvalue weighted by atomic mass is 16.7. The normalized spacial score (nSPS) is 24.3. The third-order valence-corrected chi connectivity index (χ3v) is 3.67. The van der Waals surface area contributed by atoms with Crippen LogP contribution in [0.2, 0.25) is 0 Å². The van der Waals surface area contributed by atoms with Crippen LogP contribution in [0, 0.1) is 5.92 Å². The summed E-state index contributed by atoms with van der Waals surface area (Å²) in [5.41, 5.74) is 0.407. The fraction of sp³-hybridized carbons (Fsp3) is 0.353. The van der Waals surface area contributed by atoms with Gasteiger partial charge in [0.25, 0.3) is 5.79 Å². The number of aliphatic hydroxyl groups excluding tert-OH is 2. The molecule has 0 amide bonds. The van der Waals surface area contributed by atoms with Crippen molar-refractivity contribution in [2.75, 3.05) is 20.8 Å². The summed E-state index contributed by atoms with van der Waals surface area (Å²) in [5, 5.41) is 20.9. The Labute approximate surface area is 134 Å². The van der Waals surface area contributed by atoms with Crippen molar-refractivity contribution in [2.45, 2.75) is 12.7 Å². The van der Waals surface area contributed by atoms with Gasteiger partial charge in [-0.1, -0.05) is 30.3 Å². The zero-order chi connectivity index (χ0) is 17.0. The number of hydrogen-bond acceptors (Lipinski definition) is 6. The molecule has 2 N–H and O–H groups in total. The van der Waals surface area contributed by atoms with E-state index in [0.717, 1.165) is 0 Å². The highest BCUT2D eigenvalue weighted by Crippen LogP contribution is 2.39. The van der Waals surface area contributed by atoms with E-state index < -0.39 is 11.7 Å². The zero-order valence-corrected chi connectivity index (χ0v) is 13.3. The van der Waals surface area contributed by atoms with Gasteiger partial charge < -0.3 is 24.4 Å². The molecule has 0 spiro atoms. The van der Waals surface area contributed by atoms with Crippen LogP contribution in [-0.2, 0) is 14.2 Å². The maximum atomic E-state index is 12.6. The molecule has 0 fully saturated rings. The molecule has 0 bridgehead atoms. The van der Waals surface area contributed by atoms with Crippen LogP contribution in [0.3, 0.4) is 0 Å². The predicted molar refractivity (Wildman–Crippen MR) is 83.0 cm³/mol. The molecule has 0 saturated heterocycles. The molecule has 124 valence electrons. The van der Waals surface area contributed by atoms with Crippen LogP contribution >= 0.6 is 0 Å². The summed E-state index contributed by atoms with van der Waals surface area (Å²) in [7, 11) is 2.62.